The summed E-state index contributed by atoms with van der Waals surface area (Å²) in [5.41, 5.74) is 0.269. The van der Waals surface area contributed by atoms with Gasteiger partial charge in [-0.05, 0) is 77.1 Å². The lowest BCUT2D eigenvalue weighted by Crippen LogP contribution is -2.01. The number of phenolic OH excluding ortho intramolecular Hbond substituents is 1. The molecular formula is C20H13Cl2N6O5S-. The van der Waals surface area contributed by atoms with Crippen LogP contribution in [0.4, 0.5) is 23.0 Å². The number of phenols is 1. The second-order valence-corrected chi connectivity index (χ2v) is 8.71. The summed E-state index contributed by atoms with van der Waals surface area (Å²) in [6.45, 7) is 0. The lowest BCUT2D eigenvalue weighted by molar-refractivity contribution is 0.415. The highest BCUT2D eigenvalue weighted by molar-refractivity contribution is 7.86. The zero-order chi connectivity index (χ0) is 24.5. The lowest BCUT2D eigenvalue weighted by atomic mass is 10.1. The highest BCUT2D eigenvalue weighted by Gasteiger charge is 2.18. The van der Waals surface area contributed by atoms with Crippen molar-refractivity contribution in [3.8, 4) is 11.5 Å². The van der Waals surface area contributed by atoms with Gasteiger partial charge < -0.3 is 19.7 Å². The summed E-state index contributed by atoms with van der Waals surface area (Å²) in [5.74, 6) is 0.0959. The fourth-order valence-electron chi connectivity index (χ4n) is 2.98. The molecule has 174 valence electrons. The van der Waals surface area contributed by atoms with E-state index < -0.39 is 26.5 Å². The molecule has 14 heteroatoms. The molecule has 1 aromatic heterocycles. The first kappa shape index (κ1) is 23.6. The number of benzene rings is 3. The van der Waals surface area contributed by atoms with Crippen LogP contribution in [-0.4, -0.2) is 40.1 Å². The predicted molar refractivity (Wildman–Crippen MR) is 124 cm³/mol. The molecule has 0 saturated heterocycles. The maximum absolute atomic E-state index is 11.9. The Morgan fingerprint density at radius 3 is 2.29 bits per heavy atom. The van der Waals surface area contributed by atoms with Gasteiger partial charge in [-0.2, -0.15) is 20.1 Å². The lowest BCUT2D eigenvalue weighted by Gasteiger charge is -2.14. The first-order valence-corrected chi connectivity index (χ1v) is 11.5. The normalized spacial score (nSPS) is 11.8. The number of azo groups is 1. The largest absolute Gasteiger partial charge is 0.744 e. The zero-order valence-corrected chi connectivity index (χ0v) is 19.4. The topological polar surface area (TPSA) is 162 Å². The van der Waals surface area contributed by atoms with Crippen LogP contribution in [0.15, 0.2) is 63.7 Å². The van der Waals surface area contributed by atoms with Gasteiger partial charge in [0.05, 0.1) is 17.7 Å². The molecule has 34 heavy (non-hydrogen) atoms. The van der Waals surface area contributed by atoms with Crippen LogP contribution >= 0.6 is 23.2 Å². The Labute approximate surface area is 202 Å². The van der Waals surface area contributed by atoms with E-state index in [1.54, 1.807) is 30.3 Å². The number of hydrogen-bond acceptors (Lipinski definition) is 11. The first-order valence-electron chi connectivity index (χ1n) is 9.29. The number of ether oxygens (including phenoxy) is 1. The summed E-state index contributed by atoms with van der Waals surface area (Å²) in [5, 5.41) is 21.5. The zero-order valence-electron chi connectivity index (χ0n) is 17.1. The van der Waals surface area contributed by atoms with Gasteiger partial charge in [0.1, 0.15) is 21.6 Å². The number of nitrogens with zero attached hydrogens (tertiary/aromatic N) is 5. The number of methoxy groups -OCH3 is 1. The van der Waals surface area contributed by atoms with E-state index in [-0.39, 0.29) is 27.3 Å². The maximum atomic E-state index is 11.9. The van der Waals surface area contributed by atoms with E-state index in [1.165, 1.54) is 19.2 Å². The average molecular weight is 520 g/mol. The molecule has 2 N–H and O–H groups in total. The molecule has 0 fully saturated rings. The van der Waals surface area contributed by atoms with Crippen molar-refractivity contribution < 1.29 is 22.8 Å². The highest BCUT2D eigenvalue weighted by Crippen LogP contribution is 2.42. The van der Waals surface area contributed by atoms with E-state index in [9.17, 15) is 18.1 Å². The Bertz CT molecular complexity index is 1510. The van der Waals surface area contributed by atoms with E-state index in [4.69, 9.17) is 27.9 Å². The predicted octanol–water partition coefficient (Wildman–Crippen LogP) is 5.11. The first-order chi connectivity index (χ1) is 16.1. The highest BCUT2D eigenvalue weighted by atomic mass is 35.5. The third-order valence-electron chi connectivity index (χ3n) is 4.50. The second kappa shape index (κ2) is 9.35. The van der Waals surface area contributed by atoms with Crippen LogP contribution in [0.25, 0.3) is 10.8 Å². The van der Waals surface area contributed by atoms with Crippen molar-refractivity contribution in [1.82, 2.24) is 15.0 Å². The number of aromatic hydroxyl groups is 1. The molecule has 0 bridgehead atoms. The number of rotatable bonds is 6. The summed E-state index contributed by atoms with van der Waals surface area (Å²) >= 11 is 11.5. The summed E-state index contributed by atoms with van der Waals surface area (Å²) < 4.78 is 40.9. The quantitative estimate of drug-likeness (QED) is 0.260. The van der Waals surface area contributed by atoms with Gasteiger partial charge in [0.15, 0.2) is 5.75 Å². The molecule has 0 aliphatic rings. The number of halogens is 2. The molecular weight excluding hydrogens is 507 g/mol. The SMILES string of the molecule is COc1ccc(N=Nc2c(S(=O)(=O)[O-])cc3cc(Nc4nc(Cl)nc(Cl)n4)ccc3c2O)cc1. The molecule has 0 amide bonds. The van der Waals surface area contributed by atoms with E-state index in [0.29, 0.717) is 17.1 Å². The van der Waals surface area contributed by atoms with Crippen LogP contribution in [0, 0.1) is 0 Å². The Kier molecular flexibility index (Phi) is 6.48. The van der Waals surface area contributed by atoms with Gasteiger partial charge in [0.25, 0.3) is 0 Å². The summed E-state index contributed by atoms with van der Waals surface area (Å²) in [4.78, 5) is 10.7. The summed E-state index contributed by atoms with van der Waals surface area (Å²) in [7, 11) is -3.51. The maximum Gasteiger partial charge on any atom is 0.232 e. The third kappa shape index (κ3) is 5.15. The molecule has 4 aromatic rings. The molecule has 3 aromatic carbocycles. The second-order valence-electron chi connectivity index (χ2n) is 6.68. The monoisotopic (exact) mass is 519 g/mol. The minimum absolute atomic E-state index is 0.0372. The van der Waals surface area contributed by atoms with Crippen LogP contribution in [-0.2, 0) is 10.1 Å². The fourth-order valence-corrected chi connectivity index (χ4v) is 3.99. The summed E-state index contributed by atoms with van der Waals surface area (Å²) in [6, 6.07) is 12.0. The minimum atomic E-state index is -5.02. The van der Waals surface area contributed by atoms with Gasteiger partial charge in [-0.1, -0.05) is 0 Å². The van der Waals surface area contributed by atoms with Crippen molar-refractivity contribution >= 4 is 67.1 Å². The molecule has 0 aliphatic heterocycles. The Morgan fingerprint density at radius 2 is 1.68 bits per heavy atom. The van der Waals surface area contributed by atoms with Gasteiger partial charge in [-0.25, -0.2) is 8.42 Å². The molecule has 11 nitrogen and oxygen atoms in total. The van der Waals surface area contributed by atoms with Crippen LogP contribution in [0.2, 0.25) is 10.6 Å². The van der Waals surface area contributed by atoms with E-state index in [0.717, 1.165) is 6.07 Å². The number of hydrogen-bond donors (Lipinski definition) is 2. The van der Waals surface area contributed by atoms with Gasteiger partial charge in [-0.3, -0.25) is 0 Å². The van der Waals surface area contributed by atoms with E-state index in [2.05, 4.69) is 30.5 Å². The van der Waals surface area contributed by atoms with Gasteiger partial charge in [0.2, 0.25) is 16.5 Å². The van der Waals surface area contributed by atoms with Crippen molar-refractivity contribution in [1.29, 1.82) is 0 Å². The average Bonchev–Trinajstić information content (AvgIpc) is 2.77. The third-order valence-corrected chi connectivity index (χ3v) is 5.68. The van der Waals surface area contributed by atoms with Crippen LogP contribution in [0.1, 0.15) is 0 Å². The van der Waals surface area contributed by atoms with Crippen molar-refractivity contribution in [3.05, 3.63) is 59.1 Å². The standard InChI is InChI=1S/C20H14Cl2N6O5S/c1-33-13-5-2-11(3-6-13)27-28-16-15(34(30,31)32)9-10-8-12(4-7-14(10)17(16)29)23-20-25-18(21)24-19(22)26-20/h2-9,29H,1H3,(H,30,31,32)(H,23,24,25,26)/p-1. The van der Waals surface area contributed by atoms with Crippen molar-refractivity contribution in [2.45, 2.75) is 4.90 Å². The molecule has 4 rings (SSSR count). The van der Waals surface area contributed by atoms with E-state index >= 15 is 0 Å². The molecule has 1 heterocycles. The molecule has 0 unspecified atom stereocenters. The van der Waals surface area contributed by atoms with Crippen LogP contribution < -0.4 is 10.1 Å². The van der Waals surface area contributed by atoms with Gasteiger partial charge in [-0.15, -0.1) is 5.11 Å². The Balaban J connectivity index is 1.78. The molecule has 0 spiro atoms. The summed E-state index contributed by atoms with van der Waals surface area (Å²) in [6.07, 6.45) is 0. The smallest absolute Gasteiger partial charge is 0.232 e. The van der Waals surface area contributed by atoms with Gasteiger partial charge in [0, 0.05) is 11.1 Å². The molecule has 0 atom stereocenters. The minimum Gasteiger partial charge on any atom is -0.744 e. The van der Waals surface area contributed by atoms with Crippen molar-refractivity contribution in [2.75, 3.05) is 12.4 Å². The number of fused-ring (bicyclic) bond motifs is 1. The van der Waals surface area contributed by atoms with Crippen molar-refractivity contribution in [3.63, 3.8) is 0 Å². The van der Waals surface area contributed by atoms with Crippen LogP contribution in [0.3, 0.4) is 0 Å². The number of aromatic nitrogens is 3. The van der Waals surface area contributed by atoms with Gasteiger partial charge >= 0.3 is 0 Å². The molecule has 0 radical (unpaired) electrons. The Hall–Kier alpha value is -3.58. The molecule has 0 saturated carbocycles. The number of nitrogens with one attached hydrogen (secondary N) is 1. The van der Waals surface area contributed by atoms with E-state index in [1.807, 2.05) is 0 Å². The fraction of sp³-hybridized carbons (Fsp3) is 0.0500. The van der Waals surface area contributed by atoms with Crippen LogP contribution in [0.5, 0.6) is 11.5 Å². The van der Waals surface area contributed by atoms with Crippen molar-refractivity contribution in [2.24, 2.45) is 10.2 Å². The Morgan fingerprint density at radius 1 is 1.00 bits per heavy atom. The molecule has 0 aliphatic carbocycles. The number of anilines is 2.